The summed E-state index contributed by atoms with van der Waals surface area (Å²) >= 11 is 0. The van der Waals surface area contributed by atoms with Gasteiger partial charge in [-0.25, -0.2) is 0 Å². The quantitative estimate of drug-likeness (QED) is 0.552. The SMILES string of the molecule is C.C[Si]1(C)CCCC(O)O1. The zero-order valence-electron chi connectivity index (χ0n) is 6.05. The Morgan fingerprint density at radius 2 is 2.10 bits per heavy atom. The van der Waals surface area contributed by atoms with Gasteiger partial charge in [0.25, 0.3) is 0 Å². The van der Waals surface area contributed by atoms with Crippen LogP contribution in [-0.2, 0) is 4.43 Å². The van der Waals surface area contributed by atoms with Crippen LogP contribution in [-0.4, -0.2) is 19.7 Å². The molecule has 1 saturated heterocycles. The number of rotatable bonds is 0. The van der Waals surface area contributed by atoms with E-state index in [2.05, 4.69) is 13.1 Å². The van der Waals surface area contributed by atoms with Crippen molar-refractivity contribution in [2.24, 2.45) is 0 Å². The van der Waals surface area contributed by atoms with Crippen molar-refractivity contribution in [1.82, 2.24) is 0 Å². The summed E-state index contributed by atoms with van der Waals surface area (Å²) in [6, 6.07) is 1.20. The second kappa shape index (κ2) is 3.51. The van der Waals surface area contributed by atoms with Crippen molar-refractivity contribution < 1.29 is 9.53 Å². The fourth-order valence-corrected chi connectivity index (χ4v) is 3.22. The lowest BCUT2D eigenvalue weighted by Crippen LogP contribution is -2.39. The molecule has 0 aromatic carbocycles. The Hall–Kier alpha value is 0.137. The molecule has 0 saturated carbocycles. The number of hydrogen-bond acceptors (Lipinski definition) is 2. The Balaban J connectivity index is 0.000000810. The third-order valence-electron chi connectivity index (χ3n) is 1.68. The lowest BCUT2D eigenvalue weighted by Gasteiger charge is -2.31. The predicted molar refractivity (Wildman–Crippen MR) is 45.3 cm³/mol. The summed E-state index contributed by atoms with van der Waals surface area (Å²) in [5, 5.41) is 9.06. The Bertz CT molecular complexity index is 104. The van der Waals surface area contributed by atoms with Gasteiger partial charge in [-0.1, -0.05) is 7.43 Å². The standard InChI is InChI=1S/C6H14O2Si.CH4/c1-9(2)5-3-4-6(7)8-9;/h6-7H,3-5H2,1-2H3;1H4. The second-order valence-corrected chi connectivity index (χ2v) is 7.48. The lowest BCUT2D eigenvalue weighted by atomic mass is 10.3. The molecule has 1 heterocycles. The molecule has 2 nitrogen and oxygen atoms in total. The summed E-state index contributed by atoms with van der Waals surface area (Å²) in [5.41, 5.74) is 0. The van der Waals surface area contributed by atoms with Crippen LogP contribution < -0.4 is 0 Å². The zero-order valence-corrected chi connectivity index (χ0v) is 7.05. The smallest absolute Gasteiger partial charge is 0.190 e. The zero-order chi connectivity index (χ0) is 6.91. The Morgan fingerprint density at radius 3 is 2.40 bits per heavy atom. The molecule has 0 aromatic rings. The van der Waals surface area contributed by atoms with Crippen molar-refractivity contribution in [3.63, 3.8) is 0 Å². The first-order valence-electron chi connectivity index (χ1n) is 3.46. The van der Waals surface area contributed by atoms with Crippen molar-refractivity contribution >= 4 is 8.32 Å². The van der Waals surface area contributed by atoms with Crippen LogP contribution in [0.15, 0.2) is 0 Å². The maximum absolute atomic E-state index is 9.06. The van der Waals surface area contributed by atoms with Crippen LogP contribution >= 0.6 is 0 Å². The minimum atomic E-state index is -1.40. The van der Waals surface area contributed by atoms with E-state index in [0.717, 1.165) is 12.8 Å². The molecule has 1 aliphatic rings. The Labute approximate surface area is 64.3 Å². The first kappa shape index (κ1) is 10.1. The molecule has 10 heavy (non-hydrogen) atoms. The number of hydrogen-bond donors (Lipinski definition) is 1. The van der Waals surface area contributed by atoms with Crippen LogP contribution in [0.25, 0.3) is 0 Å². The number of aliphatic hydroxyl groups is 1. The molecule has 1 N–H and O–H groups in total. The van der Waals surface area contributed by atoms with Crippen LogP contribution in [0.5, 0.6) is 0 Å². The highest BCUT2D eigenvalue weighted by atomic mass is 28.4. The fraction of sp³-hybridized carbons (Fsp3) is 1.00. The second-order valence-electron chi connectivity index (χ2n) is 3.22. The highest BCUT2D eigenvalue weighted by Crippen LogP contribution is 2.23. The largest absolute Gasteiger partial charge is 0.393 e. The normalized spacial score (nSPS) is 30.9. The highest BCUT2D eigenvalue weighted by Gasteiger charge is 2.29. The van der Waals surface area contributed by atoms with Crippen LogP contribution in [0.1, 0.15) is 20.3 Å². The van der Waals surface area contributed by atoms with Crippen LogP contribution in [0.2, 0.25) is 19.1 Å². The molecule has 0 radical (unpaired) electrons. The van der Waals surface area contributed by atoms with Gasteiger partial charge in [-0.15, -0.1) is 0 Å². The van der Waals surface area contributed by atoms with Gasteiger partial charge >= 0.3 is 0 Å². The third-order valence-corrected chi connectivity index (χ3v) is 4.15. The maximum Gasteiger partial charge on any atom is 0.190 e. The van der Waals surface area contributed by atoms with E-state index < -0.39 is 14.6 Å². The molecular weight excluding hydrogens is 144 g/mol. The fourth-order valence-electron chi connectivity index (χ4n) is 1.19. The number of aliphatic hydroxyl groups excluding tert-OH is 1. The minimum Gasteiger partial charge on any atom is -0.393 e. The molecule has 0 aromatic heterocycles. The summed E-state index contributed by atoms with van der Waals surface area (Å²) in [5.74, 6) is 0. The molecule has 1 atom stereocenters. The van der Waals surface area contributed by atoms with Crippen LogP contribution in [0, 0.1) is 0 Å². The topological polar surface area (TPSA) is 29.5 Å². The van der Waals surface area contributed by atoms with Crippen molar-refractivity contribution in [2.45, 2.75) is 45.7 Å². The van der Waals surface area contributed by atoms with E-state index in [0.29, 0.717) is 0 Å². The van der Waals surface area contributed by atoms with Crippen molar-refractivity contribution in [3.8, 4) is 0 Å². The van der Waals surface area contributed by atoms with Gasteiger partial charge in [-0.3, -0.25) is 0 Å². The molecule has 1 fully saturated rings. The molecule has 62 valence electrons. The first-order valence-corrected chi connectivity index (χ1v) is 6.58. The highest BCUT2D eigenvalue weighted by molar-refractivity contribution is 6.71. The summed E-state index contributed by atoms with van der Waals surface area (Å²) in [6.07, 6.45) is 1.51. The van der Waals surface area contributed by atoms with E-state index in [4.69, 9.17) is 9.53 Å². The third kappa shape index (κ3) is 2.81. The van der Waals surface area contributed by atoms with Crippen LogP contribution in [0.3, 0.4) is 0 Å². The summed E-state index contributed by atoms with van der Waals surface area (Å²) in [4.78, 5) is 0. The van der Waals surface area contributed by atoms with E-state index in [-0.39, 0.29) is 7.43 Å². The molecule has 1 rings (SSSR count). The molecule has 3 heteroatoms. The van der Waals surface area contributed by atoms with Gasteiger partial charge in [-0.05, 0) is 32.0 Å². The first-order chi connectivity index (χ1) is 4.10. The van der Waals surface area contributed by atoms with Gasteiger partial charge in [0.15, 0.2) is 8.32 Å². The van der Waals surface area contributed by atoms with E-state index in [1.165, 1.54) is 6.04 Å². The van der Waals surface area contributed by atoms with Crippen LogP contribution in [0.4, 0.5) is 0 Å². The summed E-state index contributed by atoms with van der Waals surface area (Å²) < 4.78 is 5.37. The van der Waals surface area contributed by atoms with E-state index in [1.807, 2.05) is 0 Å². The van der Waals surface area contributed by atoms with Gasteiger partial charge < -0.3 is 9.53 Å². The lowest BCUT2D eigenvalue weighted by molar-refractivity contribution is -0.0405. The Kier molecular flexibility index (Phi) is 3.55. The van der Waals surface area contributed by atoms with Crippen molar-refractivity contribution in [2.75, 3.05) is 0 Å². The van der Waals surface area contributed by atoms with Gasteiger partial charge in [-0.2, -0.15) is 0 Å². The van der Waals surface area contributed by atoms with E-state index in [9.17, 15) is 0 Å². The molecule has 1 unspecified atom stereocenters. The minimum absolute atomic E-state index is 0. The van der Waals surface area contributed by atoms with Gasteiger partial charge in [0, 0.05) is 0 Å². The molecular formula is C7H18O2Si. The summed E-state index contributed by atoms with van der Waals surface area (Å²) in [7, 11) is -1.40. The average molecular weight is 162 g/mol. The summed E-state index contributed by atoms with van der Waals surface area (Å²) in [6.45, 7) is 4.30. The van der Waals surface area contributed by atoms with Crippen molar-refractivity contribution in [3.05, 3.63) is 0 Å². The average Bonchev–Trinajstić information content (AvgIpc) is 1.60. The van der Waals surface area contributed by atoms with Crippen molar-refractivity contribution in [1.29, 1.82) is 0 Å². The monoisotopic (exact) mass is 162 g/mol. The molecule has 1 aliphatic heterocycles. The van der Waals surface area contributed by atoms with Gasteiger partial charge in [0.2, 0.25) is 0 Å². The maximum atomic E-state index is 9.06. The van der Waals surface area contributed by atoms with Gasteiger partial charge in [0.05, 0.1) is 0 Å². The van der Waals surface area contributed by atoms with Gasteiger partial charge in [0.1, 0.15) is 6.29 Å². The van der Waals surface area contributed by atoms with E-state index in [1.54, 1.807) is 0 Å². The predicted octanol–water partition coefficient (Wildman–Crippen LogP) is 1.96. The molecule has 0 spiro atoms. The van der Waals surface area contributed by atoms with E-state index >= 15 is 0 Å². The molecule has 0 aliphatic carbocycles. The molecule has 0 bridgehead atoms. The molecule has 0 amide bonds. The Morgan fingerprint density at radius 1 is 1.50 bits per heavy atom.